The van der Waals surface area contributed by atoms with Gasteiger partial charge in [-0.05, 0) is 20.4 Å². The topological polar surface area (TPSA) is 12.0 Å². The molecule has 0 saturated carbocycles. The lowest BCUT2D eigenvalue weighted by atomic mass is 10.1. The third-order valence-corrected chi connectivity index (χ3v) is 1.28. The molecule has 1 N–H and O–H groups in total. The largest absolute Gasteiger partial charge is 0.317 e. The van der Waals surface area contributed by atoms with Crippen molar-refractivity contribution >= 4 is 0 Å². The molecule has 12 heavy (non-hydrogen) atoms. The first-order chi connectivity index (χ1) is 5.62. The Balaban J connectivity index is -0.000000175. The lowest BCUT2D eigenvalue weighted by molar-refractivity contribution is 0.182. The average Bonchev–Trinajstić information content (AvgIpc) is 2.12. The fourth-order valence-corrected chi connectivity index (χ4v) is 0.494. The maximum absolute atomic E-state index is 12.8. The van der Waals surface area contributed by atoms with Crippen LogP contribution in [0.4, 0.5) is 8.78 Å². The minimum atomic E-state index is -1.02. The number of nitrogens with one attached hydrogen (secondary N) is 1. The van der Waals surface area contributed by atoms with Gasteiger partial charge in [0.25, 0.3) is 0 Å². The minimum Gasteiger partial charge on any atom is -0.317 e. The molecule has 0 aromatic heterocycles. The van der Waals surface area contributed by atoms with Crippen molar-refractivity contribution in [2.45, 2.75) is 39.8 Å². The van der Waals surface area contributed by atoms with E-state index in [4.69, 9.17) is 0 Å². The van der Waals surface area contributed by atoms with Crippen molar-refractivity contribution in [1.82, 2.24) is 5.32 Å². The summed E-state index contributed by atoms with van der Waals surface area (Å²) < 4.78 is 22.3. The summed E-state index contributed by atoms with van der Waals surface area (Å²) >= 11 is 0. The summed E-state index contributed by atoms with van der Waals surface area (Å²) in [4.78, 5) is 0. The van der Waals surface area contributed by atoms with Crippen molar-refractivity contribution in [2.24, 2.45) is 0 Å². The maximum atomic E-state index is 12.8. The molecule has 0 bridgehead atoms. The van der Waals surface area contributed by atoms with E-state index in [1.165, 1.54) is 0 Å². The molecule has 0 saturated heterocycles. The molecule has 0 radical (unpaired) electrons. The van der Waals surface area contributed by atoms with Gasteiger partial charge in [-0.2, -0.15) is 0 Å². The quantitative estimate of drug-likeness (QED) is 0.709. The molecule has 0 spiro atoms. The number of hydrogen-bond acceptors (Lipinski definition) is 1. The van der Waals surface area contributed by atoms with Crippen LogP contribution in [-0.2, 0) is 0 Å². The van der Waals surface area contributed by atoms with Gasteiger partial charge >= 0.3 is 0 Å². The molecule has 1 unspecified atom stereocenters. The molecule has 0 amide bonds. The SMILES string of the molecule is CC.CCC(C)(F)CNC.CF. The van der Waals surface area contributed by atoms with Crippen LogP contribution in [0.1, 0.15) is 34.1 Å². The van der Waals surface area contributed by atoms with Crippen molar-refractivity contribution in [3.8, 4) is 0 Å². The summed E-state index contributed by atoms with van der Waals surface area (Å²) in [6, 6.07) is 0. The van der Waals surface area contributed by atoms with Gasteiger partial charge in [0.05, 0.1) is 7.18 Å². The fourth-order valence-electron chi connectivity index (χ4n) is 0.494. The van der Waals surface area contributed by atoms with Crippen LogP contribution < -0.4 is 5.32 Å². The van der Waals surface area contributed by atoms with Crippen molar-refractivity contribution in [3.63, 3.8) is 0 Å². The third kappa shape index (κ3) is 16.4. The Morgan fingerprint density at radius 2 is 1.58 bits per heavy atom. The molecule has 1 nitrogen and oxygen atoms in total. The number of hydrogen-bond donors (Lipinski definition) is 1. The zero-order valence-corrected chi connectivity index (χ0v) is 9.17. The maximum Gasteiger partial charge on any atom is 0.120 e. The summed E-state index contributed by atoms with van der Waals surface area (Å²) in [5.41, 5.74) is -1.02. The van der Waals surface area contributed by atoms with Crippen LogP contribution in [0, 0.1) is 0 Å². The molecule has 0 aliphatic carbocycles. The van der Waals surface area contributed by atoms with E-state index in [0.717, 1.165) is 0 Å². The zero-order chi connectivity index (χ0) is 10.6. The molecule has 0 aromatic carbocycles. The normalized spacial score (nSPS) is 13.0. The fraction of sp³-hybridized carbons (Fsp3) is 1.00. The smallest absolute Gasteiger partial charge is 0.120 e. The Labute approximate surface area is 75.6 Å². The summed E-state index contributed by atoms with van der Waals surface area (Å²) in [6.45, 7) is 7.89. The minimum absolute atomic E-state index is 0.448. The Kier molecular flexibility index (Phi) is 19.9. The lowest BCUT2D eigenvalue weighted by Crippen LogP contribution is -2.30. The van der Waals surface area contributed by atoms with Gasteiger partial charge in [-0.3, -0.25) is 4.39 Å². The molecule has 0 rings (SSSR count). The van der Waals surface area contributed by atoms with E-state index in [0.29, 0.717) is 20.1 Å². The second-order valence-corrected chi connectivity index (χ2v) is 2.30. The van der Waals surface area contributed by atoms with Crippen molar-refractivity contribution in [3.05, 3.63) is 0 Å². The number of rotatable bonds is 3. The van der Waals surface area contributed by atoms with Gasteiger partial charge in [-0.25, -0.2) is 4.39 Å². The molecule has 0 heterocycles. The van der Waals surface area contributed by atoms with Gasteiger partial charge in [0.2, 0.25) is 0 Å². The molecular formula is C9H23F2N. The first-order valence-electron chi connectivity index (χ1n) is 4.33. The van der Waals surface area contributed by atoms with Gasteiger partial charge < -0.3 is 5.32 Å². The van der Waals surface area contributed by atoms with Gasteiger partial charge in [-0.1, -0.05) is 20.8 Å². The molecule has 78 valence electrons. The lowest BCUT2D eigenvalue weighted by Gasteiger charge is -2.16. The van der Waals surface area contributed by atoms with E-state index in [1.54, 1.807) is 14.0 Å². The first-order valence-corrected chi connectivity index (χ1v) is 4.33. The monoisotopic (exact) mass is 183 g/mol. The predicted octanol–water partition coefficient (Wildman–Crippen LogP) is 2.96. The number of halogens is 2. The molecule has 1 atom stereocenters. The Morgan fingerprint density at radius 3 is 1.67 bits per heavy atom. The first kappa shape index (κ1) is 17.8. The van der Waals surface area contributed by atoms with E-state index in [2.05, 4.69) is 5.32 Å². The predicted molar refractivity (Wildman–Crippen MR) is 52.1 cm³/mol. The average molecular weight is 183 g/mol. The van der Waals surface area contributed by atoms with Crippen LogP contribution in [0.2, 0.25) is 0 Å². The van der Waals surface area contributed by atoms with E-state index >= 15 is 0 Å². The standard InChI is InChI=1S/C6H14FN.C2H6.CH3F/c1-4-6(2,7)5-8-3;2*1-2/h8H,4-5H2,1-3H3;1-2H3;1H3. The Hall–Kier alpha value is -0.180. The third-order valence-electron chi connectivity index (χ3n) is 1.28. The highest BCUT2D eigenvalue weighted by atomic mass is 19.1. The zero-order valence-electron chi connectivity index (χ0n) is 9.17. The molecule has 0 fully saturated rings. The summed E-state index contributed by atoms with van der Waals surface area (Å²) in [7, 11) is 2.26. The second-order valence-electron chi connectivity index (χ2n) is 2.30. The van der Waals surface area contributed by atoms with Crippen molar-refractivity contribution in [1.29, 1.82) is 0 Å². The van der Waals surface area contributed by atoms with Crippen LogP contribution >= 0.6 is 0 Å². The highest BCUT2D eigenvalue weighted by Gasteiger charge is 2.17. The van der Waals surface area contributed by atoms with Gasteiger partial charge in [0.15, 0.2) is 0 Å². The number of alkyl halides is 2. The summed E-state index contributed by atoms with van der Waals surface area (Å²) in [5, 5.41) is 2.78. The van der Waals surface area contributed by atoms with Crippen LogP contribution in [0.3, 0.4) is 0 Å². The Bertz CT molecular complexity index is 65.5. The van der Waals surface area contributed by atoms with Crippen LogP contribution in [0.25, 0.3) is 0 Å². The second kappa shape index (κ2) is 13.4. The van der Waals surface area contributed by atoms with Crippen LogP contribution in [0.15, 0.2) is 0 Å². The Morgan fingerprint density at radius 1 is 1.25 bits per heavy atom. The molecule has 0 aliphatic heterocycles. The highest BCUT2D eigenvalue weighted by Crippen LogP contribution is 2.11. The van der Waals surface area contributed by atoms with Gasteiger partial charge in [0, 0.05) is 6.54 Å². The molecule has 3 heteroatoms. The molecular weight excluding hydrogens is 160 g/mol. The van der Waals surface area contributed by atoms with Crippen molar-refractivity contribution < 1.29 is 8.78 Å². The summed E-state index contributed by atoms with van der Waals surface area (Å²) in [5.74, 6) is 0. The van der Waals surface area contributed by atoms with E-state index in [-0.39, 0.29) is 0 Å². The van der Waals surface area contributed by atoms with Gasteiger partial charge in [-0.15, -0.1) is 0 Å². The molecule has 0 aliphatic rings. The van der Waals surface area contributed by atoms with E-state index in [1.807, 2.05) is 20.8 Å². The van der Waals surface area contributed by atoms with E-state index < -0.39 is 5.67 Å². The highest BCUT2D eigenvalue weighted by molar-refractivity contribution is 4.72. The van der Waals surface area contributed by atoms with Gasteiger partial charge in [0.1, 0.15) is 5.67 Å². The molecule has 0 aromatic rings. The van der Waals surface area contributed by atoms with Crippen molar-refractivity contribution in [2.75, 3.05) is 20.8 Å². The van der Waals surface area contributed by atoms with Crippen LogP contribution in [0.5, 0.6) is 0 Å². The summed E-state index contributed by atoms with van der Waals surface area (Å²) in [6.07, 6.45) is 0.577. The van der Waals surface area contributed by atoms with Crippen LogP contribution in [-0.4, -0.2) is 26.4 Å². The van der Waals surface area contributed by atoms with E-state index in [9.17, 15) is 8.78 Å².